The van der Waals surface area contributed by atoms with E-state index in [1.807, 2.05) is 24.3 Å². The Bertz CT molecular complexity index is 3690. The Morgan fingerprint density at radius 3 is 1.22 bits per heavy atom. The summed E-state index contributed by atoms with van der Waals surface area (Å²) in [7, 11) is 0. The molecule has 6 heterocycles. The second-order valence-electron chi connectivity index (χ2n) is 20.4. The molecule has 0 aliphatic rings. The molecular weight excluding hydrogens is 1030 g/mol. The van der Waals surface area contributed by atoms with Crippen molar-refractivity contribution in [3.8, 4) is 63.7 Å². The summed E-state index contributed by atoms with van der Waals surface area (Å²) in [4.78, 5) is 15.4. The van der Waals surface area contributed by atoms with Crippen LogP contribution in [0.5, 0.6) is 0 Å². The van der Waals surface area contributed by atoms with Crippen LogP contribution in [-0.4, -0.2) is 9.13 Å². The molecule has 0 N–H and O–H groups in total. The lowest BCUT2D eigenvalue weighted by atomic mass is 9.98. The maximum Gasteiger partial charge on any atom is 0.263 e. The number of hydrogen-bond donors (Lipinski definition) is 0. The SMILES string of the molecule is [C-]#[N+]/C(C#N)=C\c1ccc(-c2cc(-c3ccc4c(c3)c3ccccc3n4CCCCCCCCCC)c(-c3sc(-c4ccc(/C=C(\C#N)[N+]#[C-])s4)cc3-c3ccc4c(c3)c3ccccc3n4CCCCCCCCCC)s2)s1. The van der Waals surface area contributed by atoms with Crippen LogP contribution >= 0.6 is 45.3 Å². The first-order chi connectivity index (χ1) is 38.4. The standard InChI is InChI=1S/C68H64N6S4/c1-5-7-9-11-13-15-17-23-37-73-59-27-21-19-25-53(59)57-39-47(29-33-61(57)73)55-43-65(63-35-31-51(75-63)41-49(45-69)71-3)77-67(55)68-56(44-66(78-68)64-36-32-52(76-64)42-50(46-70)72-4)48-30-34-62-58(40-48)54-26-20-22-28-60(54)74(62)38-24-18-16-14-12-10-8-6-2/h19-22,25-36,39-44H,5-18,23-24,37-38H2,1-2H3/b49-41-,50-42+. The molecule has 10 heteroatoms. The summed E-state index contributed by atoms with van der Waals surface area (Å²) in [6, 6.07) is 49.0. The Balaban J connectivity index is 1.10. The third kappa shape index (κ3) is 11.9. The Morgan fingerprint density at radius 1 is 0.436 bits per heavy atom. The highest BCUT2D eigenvalue weighted by Gasteiger charge is 2.24. The number of para-hydroxylation sites is 2. The minimum absolute atomic E-state index is 0.0695. The van der Waals surface area contributed by atoms with Crippen LogP contribution in [0, 0.1) is 35.8 Å². The van der Waals surface area contributed by atoms with Gasteiger partial charge in [-0.2, -0.15) is 0 Å². The predicted octanol–water partition coefficient (Wildman–Crippen LogP) is 22.3. The zero-order valence-corrected chi connectivity index (χ0v) is 48.0. The molecule has 10 aromatic rings. The maximum atomic E-state index is 9.65. The summed E-state index contributed by atoms with van der Waals surface area (Å²) in [6.07, 6.45) is 23.9. The molecule has 10 rings (SSSR count). The monoisotopic (exact) mass is 1090 g/mol. The van der Waals surface area contributed by atoms with Crippen molar-refractivity contribution in [2.24, 2.45) is 0 Å². The molecule has 6 aromatic heterocycles. The van der Waals surface area contributed by atoms with E-state index in [0.29, 0.717) is 0 Å². The van der Waals surface area contributed by atoms with Gasteiger partial charge in [0.1, 0.15) is 0 Å². The molecule has 0 atom stereocenters. The van der Waals surface area contributed by atoms with E-state index in [4.69, 9.17) is 13.1 Å². The predicted molar refractivity (Wildman–Crippen MR) is 337 cm³/mol. The van der Waals surface area contributed by atoms with Crippen molar-refractivity contribution in [3.63, 3.8) is 0 Å². The van der Waals surface area contributed by atoms with Gasteiger partial charge < -0.3 is 9.13 Å². The molecule has 0 aliphatic heterocycles. The van der Waals surface area contributed by atoms with E-state index in [1.165, 1.54) is 143 Å². The quantitative estimate of drug-likeness (QED) is 0.0325. The first-order valence-corrected chi connectivity index (χ1v) is 31.2. The molecule has 0 saturated carbocycles. The third-order valence-corrected chi connectivity index (χ3v) is 20.0. The molecule has 0 aliphatic carbocycles. The van der Waals surface area contributed by atoms with Crippen LogP contribution in [0.25, 0.3) is 117 Å². The van der Waals surface area contributed by atoms with Gasteiger partial charge >= 0.3 is 0 Å². The summed E-state index contributed by atoms with van der Waals surface area (Å²) in [5.74, 6) is 0. The van der Waals surface area contributed by atoms with Crippen molar-refractivity contribution in [2.45, 2.75) is 130 Å². The number of aromatic nitrogens is 2. The number of thiophene rings is 4. The minimum atomic E-state index is 0.0695. The molecule has 0 spiro atoms. The van der Waals surface area contributed by atoms with E-state index < -0.39 is 0 Å². The summed E-state index contributed by atoms with van der Waals surface area (Å²) < 4.78 is 5.08. The van der Waals surface area contributed by atoms with E-state index in [0.717, 1.165) is 77.4 Å². The zero-order valence-electron chi connectivity index (χ0n) is 44.7. The smallest absolute Gasteiger partial charge is 0.263 e. The maximum absolute atomic E-state index is 9.65. The Labute approximate surface area is 476 Å². The van der Waals surface area contributed by atoms with Crippen LogP contribution in [0.3, 0.4) is 0 Å². The molecule has 0 bridgehead atoms. The fraction of sp³-hybridized carbons (Fsp3) is 0.294. The van der Waals surface area contributed by atoms with Gasteiger partial charge in [-0.25, -0.2) is 20.2 Å². The van der Waals surface area contributed by atoms with Crippen LogP contribution in [0.1, 0.15) is 126 Å². The van der Waals surface area contributed by atoms with E-state index in [2.05, 4.69) is 142 Å². The first kappa shape index (κ1) is 54.1. The van der Waals surface area contributed by atoms with Gasteiger partial charge in [-0.15, -0.1) is 45.3 Å². The van der Waals surface area contributed by atoms with Crippen LogP contribution in [0.15, 0.2) is 133 Å². The topological polar surface area (TPSA) is 66.2 Å². The number of aryl methyl sites for hydroxylation is 2. The van der Waals surface area contributed by atoms with E-state index in [1.54, 1.807) is 57.5 Å². The average Bonchev–Trinajstić information content (AvgIpc) is 4.39. The molecule has 0 unspecified atom stereocenters. The number of unbranched alkanes of at least 4 members (excludes halogenated alkanes) is 14. The zero-order chi connectivity index (χ0) is 53.8. The summed E-state index contributed by atoms with van der Waals surface area (Å²) in [5.41, 5.74) is 9.83. The molecule has 4 aromatic carbocycles. The van der Waals surface area contributed by atoms with Crippen LogP contribution in [0.2, 0.25) is 0 Å². The highest BCUT2D eigenvalue weighted by Crippen LogP contribution is 2.53. The summed E-state index contributed by atoms with van der Waals surface area (Å²) in [6.45, 7) is 21.6. The molecule has 6 nitrogen and oxygen atoms in total. The van der Waals surface area contributed by atoms with Gasteiger partial charge in [0.25, 0.3) is 11.4 Å². The number of nitriles is 2. The normalized spacial score (nSPS) is 12.0. The van der Waals surface area contributed by atoms with E-state index >= 15 is 0 Å². The third-order valence-electron chi connectivity index (χ3n) is 15.1. The number of rotatable bonds is 25. The Morgan fingerprint density at radius 2 is 0.821 bits per heavy atom. The van der Waals surface area contributed by atoms with Gasteiger partial charge in [-0.05, 0) is 109 Å². The van der Waals surface area contributed by atoms with Crippen molar-refractivity contribution in [1.82, 2.24) is 9.13 Å². The lowest BCUT2D eigenvalue weighted by molar-refractivity contribution is 0.553. The van der Waals surface area contributed by atoms with Crippen molar-refractivity contribution in [3.05, 3.63) is 165 Å². The Hall–Kier alpha value is -7.28. The lowest BCUT2D eigenvalue weighted by Crippen LogP contribution is -1.97. The molecule has 0 amide bonds. The lowest BCUT2D eigenvalue weighted by Gasteiger charge is -2.10. The largest absolute Gasteiger partial charge is 0.340 e. The molecule has 78 heavy (non-hydrogen) atoms. The van der Waals surface area contributed by atoms with Crippen LogP contribution < -0.4 is 0 Å². The van der Waals surface area contributed by atoms with Crippen molar-refractivity contribution >= 4 is 101 Å². The average molecular weight is 1090 g/mol. The summed E-state index contributed by atoms with van der Waals surface area (Å²) in [5, 5.41) is 24.3. The van der Waals surface area contributed by atoms with Gasteiger partial charge in [0.05, 0.1) is 35.0 Å². The van der Waals surface area contributed by atoms with E-state index in [9.17, 15) is 10.5 Å². The molecule has 0 saturated heterocycles. The van der Waals surface area contributed by atoms with Crippen LogP contribution in [0.4, 0.5) is 0 Å². The fourth-order valence-electron chi connectivity index (χ4n) is 11.1. The number of hydrogen-bond acceptors (Lipinski definition) is 6. The van der Waals surface area contributed by atoms with Gasteiger partial charge in [-0.1, -0.05) is 152 Å². The molecular formula is C68H64N6S4. The minimum Gasteiger partial charge on any atom is -0.340 e. The number of benzene rings is 4. The molecule has 0 fully saturated rings. The van der Waals surface area contributed by atoms with Gasteiger partial charge in [0, 0.05) is 97.1 Å². The second-order valence-corrected chi connectivity index (χ2v) is 24.7. The van der Waals surface area contributed by atoms with Gasteiger partial charge in [0.2, 0.25) is 0 Å². The number of nitrogens with zero attached hydrogens (tertiary/aromatic N) is 6. The van der Waals surface area contributed by atoms with Crippen molar-refractivity contribution in [2.75, 3.05) is 0 Å². The molecule has 390 valence electrons. The second kappa shape index (κ2) is 25.9. The number of fused-ring (bicyclic) bond motifs is 6. The van der Waals surface area contributed by atoms with Crippen LogP contribution in [-0.2, 0) is 13.1 Å². The fourth-order valence-corrected chi connectivity index (χ4v) is 15.7. The van der Waals surface area contributed by atoms with Gasteiger partial charge in [-0.3, -0.25) is 0 Å². The molecule has 0 radical (unpaired) electrons. The van der Waals surface area contributed by atoms with Crippen molar-refractivity contribution in [1.29, 1.82) is 10.5 Å². The van der Waals surface area contributed by atoms with E-state index in [-0.39, 0.29) is 11.4 Å². The summed E-state index contributed by atoms with van der Waals surface area (Å²) >= 11 is 6.79. The van der Waals surface area contributed by atoms with Gasteiger partial charge in [0.15, 0.2) is 0 Å². The first-order valence-electron chi connectivity index (χ1n) is 27.9. The van der Waals surface area contributed by atoms with Crippen molar-refractivity contribution < 1.29 is 0 Å². The number of allylic oxidation sites excluding steroid dienone is 2. The Kier molecular flexibility index (Phi) is 18.0. The highest BCUT2D eigenvalue weighted by atomic mass is 32.1. The highest BCUT2D eigenvalue weighted by molar-refractivity contribution is 7.29.